The first kappa shape index (κ1) is 13.9. The fraction of sp³-hybridized carbons (Fsp3) is 0.0769. The lowest BCUT2D eigenvalue weighted by atomic mass is 9.79. The molecule has 0 aliphatic heterocycles. The first-order valence-corrected chi connectivity index (χ1v) is 5.97. The Labute approximate surface area is 115 Å². The normalized spacial score (nSPS) is 10.3. The summed E-state index contributed by atoms with van der Waals surface area (Å²) in [4.78, 5) is 0. The van der Waals surface area contributed by atoms with E-state index in [0.717, 1.165) is 5.56 Å². The van der Waals surface area contributed by atoms with Gasteiger partial charge in [-0.3, -0.25) is 0 Å². The zero-order chi connectivity index (χ0) is 13.8. The molecule has 0 saturated carbocycles. The minimum absolute atomic E-state index is 0.189. The summed E-state index contributed by atoms with van der Waals surface area (Å²) in [7, 11) is -1.66. The summed E-state index contributed by atoms with van der Waals surface area (Å²) in [6.45, 7) is 0.196. The molecular formula is C13H11BClFO3. The molecule has 0 spiro atoms. The number of rotatable bonds is 4. The van der Waals surface area contributed by atoms with Crippen LogP contribution in [0, 0.1) is 5.82 Å². The molecular weight excluding hydrogens is 269 g/mol. The van der Waals surface area contributed by atoms with Crippen molar-refractivity contribution < 1.29 is 19.2 Å². The summed E-state index contributed by atoms with van der Waals surface area (Å²) >= 11 is 5.78. The third-order valence-corrected chi connectivity index (χ3v) is 2.79. The van der Waals surface area contributed by atoms with Gasteiger partial charge in [0.1, 0.15) is 18.2 Å². The maximum atomic E-state index is 12.7. The van der Waals surface area contributed by atoms with Crippen molar-refractivity contribution in [1.82, 2.24) is 0 Å². The van der Waals surface area contributed by atoms with Crippen molar-refractivity contribution in [2.45, 2.75) is 6.61 Å². The summed E-state index contributed by atoms with van der Waals surface area (Å²) in [5.74, 6) is 0.00503. The van der Waals surface area contributed by atoms with Gasteiger partial charge in [0.25, 0.3) is 0 Å². The average Bonchev–Trinajstić information content (AvgIpc) is 2.39. The molecule has 0 bridgehead atoms. The van der Waals surface area contributed by atoms with E-state index in [1.807, 2.05) is 0 Å². The lowest BCUT2D eigenvalue weighted by molar-refractivity contribution is 0.306. The van der Waals surface area contributed by atoms with Crippen LogP contribution in [-0.2, 0) is 6.61 Å². The minimum Gasteiger partial charge on any atom is -0.489 e. The molecule has 0 fully saturated rings. The second-order valence-electron chi connectivity index (χ2n) is 3.97. The standard InChI is InChI=1S/C13H11BClFO3/c15-10-3-6-13(12(7-10)14(17)18)19-8-9-1-4-11(16)5-2-9/h1-7,17-18H,8H2. The fourth-order valence-electron chi connectivity index (χ4n) is 1.59. The Morgan fingerprint density at radius 3 is 2.42 bits per heavy atom. The molecule has 0 radical (unpaired) electrons. The molecule has 6 heteroatoms. The van der Waals surface area contributed by atoms with Crippen LogP contribution >= 0.6 is 11.6 Å². The van der Waals surface area contributed by atoms with Crippen molar-refractivity contribution in [3.05, 3.63) is 58.9 Å². The van der Waals surface area contributed by atoms with Crippen molar-refractivity contribution in [2.75, 3.05) is 0 Å². The quantitative estimate of drug-likeness (QED) is 0.839. The average molecular weight is 280 g/mol. The molecule has 19 heavy (non-hydrogen) atoms. The molecule has 0 atom stereocenters. The van der Waals surface area contributed by atoms with Crippen LogP contribution in [0.25, 0.3) is 0 Å². The monoisotopic (exact) mass is 280 g/mol. The molecule has 0 heterocycles. The van der Waals surface area contributed by atoms with Gasteiger partial charge in [-0.25, -0.2) is 4.39 Å². The lowest BCUT2D eigenvalue weighted by Crippen LogP contribution is -2.31. The third kappa shape index (κ3) is 3.70. The first-order valence-electron chi connectivity index (χ1n) is 5.59. The number of benzene rings is 2. The van der Waals surface area contributed by atoms with Gasteiger partial charge in [0, 0.05) is 10.5 Å². The maximum Gasteiger partial charge on any atom is 0.492 e. The zero-order valence-electron chi connectivity index (χ0n) is 9.88. The molecule has 0 saturated heterocycles. The van der Waals surface area contributed by atoms with Crippen LogP contribution in [0.1, 0.15) is 5.56 Å². The van der Waals surface area contributed by atoms with E-state index in [-0.39, 0.29) is 17.9 Å². The largest absolute Gasteiger partial charge is 0.492 e. The molecule has 2 aromatic rings. The van der Waals surface area contributed by atoms with Crippen LogP contribution in [-0.4, -0.2) is 17.2 Å². The molecule has 0 aromatic heterocycles. The van der Waals surface area contributed by atoms with E-state index in [1.54, 1.807) is 24.3 Å². The number of ether oxygens (including phenoxy) is 1. The molecule has 0 aliphatic rings. The molecule has 2 N–H and O–H groups in total. The third-order valence-electron chi connectivity index (χ3n) is 2.56. The number of hydrogen-bond acceptors (Lipinski definition) is 3. The lowest BCUT2D eigenvalue weighted by Gasteiger charge is -2.11. The van der Waals surface area contributed by atoms with E-state index in [4.69, 9.17) is 16.3 Å². The number of halogens is 2. The summed E-state index contributed by atoms with van der Waals surface area (Å²) in [5.41, 5.74) is 0.962. The summed E-state index contributed by atoms with van der Waals surface area (Å²) in [6, 6.07) is 10.4. The van der Waals surface area contributed by atoms with Crippen molar-refractivity contribution in [3.63, 3.8) is 0 Å². The molecule has 2 aromatic carbocycles. The Hall–Kier alpha value is -1.56. The molecule has 0 amide bonds. The molecule has 98 valence electrons. The van der Waals surface area contributed by atoms with Crippen LogP contribution in [0.3, 0.4) is 0 Å². The SMILES string of the molecule is OB(O)c1cc(Cl)ccc1OCc1ccc(F)cc1. The van der Waals surface area contributed by atoms with Crippen LogP contribution in [0.2, 0.25) is 5.02 Å². The highest BCUT2D eigenvalue weighted by Gasteiger charge is 2.17. The van der Waals surface area contributed by atoms with Gasteiger partial charge in [-0.15, -0.1) is 0 Å². The Balaban J connectivity index is 2.13. The Kier molecular flexibility index (Phi) is 4.42. The van der Waals surface area contributed by atoms with E-state index in [9.17, 15) is 14.4 Å². The second kappa shape index (κ2) is 6.06. The minimum atomic E-state index is -1.66. The Bertz CT molecular complexity index is 560. The van der Waals surface area contributed by atoms with E-state index >= 15 is 0 Å². The van der Waals surface area contributed by atoms with Crippen LogP contribution in [0.15, 0.2) is 42.5 Å². The van der Waals surface area contributed by atoms with E-state index < -0.39 is 7.12 Å². The maximum absolute atomic E-state index is 12.7. The fourth-order valence-corrected chi connectivity index (χ4v) is 1.77. The molecule has 3 nitrogen and oxygen atoms in total. The van der Waals surface area contributed by atoms with Crippen molar-refractivity contribution in [2.24, 2.45) is 0 Å². The van der Waals surface area contributed by atoms with E-state index in [0.29, 0.717) is 10.8 Å². The highest BCUT2D eigenvalue weighted by molar-refractivity contribution is 6.60. The van der Waals surface area contributed by atoms with E-state index in [2.05, 4.69) is 0 Å². The number of hydrogen-bond donors (Lipinski definition) is 2. The van der Waals surface area contributed by atoms with Gasteiger partial charge in [0.2, 0.25) is 0 Å². The summed E-state index contributed by atoms with van der Waals surface area (Å²) in [6.07, 6.45) is 0. The summed E-state index contributed by atoms with van der Waals surface area (Å²) < 4.78 is 18.2. The van der Waals surface area contributed by atoms with Crippen LogP contribution in [0.5, 0.6) is 5.75 Å². The van der Waals surface area contributed by atoms with Gasteiger partial charge in [0.15, 0.2) is 0 Å². The predicted octanol–water partition coefficient (Wildman–Crippen LogP) is 1.74. The van der Waals surface area contributed by atoms with E-state index in [1.165, 1.54) is 18.2 Å². The second-order valence-corrected chi connectivity index (χ2v) is 4.41. The molecule has 0 aliphatic carbocycles. The predicted molar refractivity (Wildman–Crippen MR) is 72.0 cm³/mol. The zero-order valence-corrected chi connectivity index (χ0v) is 10.6. The van der Waals surface area contributed by atoms with Gasteiger partial charge < -0.3 is 14.8 Å². The highest BCUT2D eigenvalue weighted by Crippen LogP contribution is 2.16. The summed E-state index contributed by atoms with van der Waals surface area (Å²) in [5, 5.41) is 18.8. The van der Waals surface area contributed by atoms with Gasteiger partial charge in [-0.05, 0) is 35.9 Å². The van der Waals surface area contributed by atoms with Crippen LogP contribution < -0.4 is 10.2 Å². The van der Waals surface area contributed by atoms with Gasteiger partial charge in [0.05, 0.1) is 0 Å². The van der Waals surface area contributed by atoms with Gasteiger partial charge in [-0.1, -0.05) is 23.7 Å². The Morgan fingerprint density at radius 2 is 1.79 bits per heavy atom. The smallest absolute Gasteiger partial charge is 0.489 e. The van der Waals surface area contributed by atoms with Crippen LogP contribution in [0.4, 0.5) is 4.39 Å². The van der Waals surface area contributed by atoms with Crippen molar-refractivity contribution in [3.8, 4) is 5.75 Å². The highest BCUT2D eigenvalue weighted by atomic mass is 35.5. The first-order chi connectivity index (χ1) is 9.06. The van der Waals surface area contributed by atoms with Gasteiger partial charge in [-0.2, -0.15) is 0 Å². The molecule has 0 unspecified atom stereocenters. The topological polar surface area (TPSA) is 49.7 Å². The van der Waals surface area contributed by atoms with Crippen molar-refractivity contribution in [1.29, 1.82) is 0 Å². The van der Waals surface area contributed by atoms with Crippen molar-refractivity contribution >= 4 is 24.2 Å². The molecule has 2 rings (SSSR count). The Morgan fingerprint density at radius 1 is 1.11 bits per heavy atom. The van der Waals surface area contributed by atoms with Gasteiger partial charge >= 0.3 is 7.12 Å².